The number of rotatable bonds is 6. The molecule has 0 aliphatic heterocycles. The molecule has 0 heterocycles. The standard InChI is InChI=1S/C24H28O2/c1-3-17-26-24(25-2)22(18-11-6-4-7-12-18)20-15-10-16-21(20)23(22,24)19-13-8-5-9-14-19/h4-9,11-14,20-21H,3,10,15-17H2,1-2H3. The summed E-state index contributed by atoms with van der Waals surface area (Å²) < 4.78 is 13.0. The molecule has 5 rings (SSSR count). The number of ether oxygens (including phenoxy) is 2. The zero-order chi connectivity index (χ0) is 17.8. The molecule has 26 heavy (non-hydrogen) atoms. The summed E-state index contributed by atoms with van der Waals surface area (Å²) >= 11 is 0. The third-order valence-electron chi connectivity index (χ3n) is 7.48. The summed E-state index contributed by atoms with van der Waals surface area (Å²) in [6, 6.07) is 22.1. The van der Waals surface area contributed by atoms with Crippen molar-refractivity contribution in [3.8, 4) is 0 Å². The van der Waals surface area contributed by atoms with Crippen LogP contribution in [0.4, 0.5) is 0 Å². The molecule has 0 spiro atoms. The molecule has 0 radical (unpaired) electrons. The Kier molecular flexibility index (Phi) is 3.61. The minimum absolute atomic E-state index is 0.0479. The second-order valence-corrected chi connectivity index (χ2v) is 8.16. The molecule has 2 aromatic rings. The van der Waals surface area contributed by atoms with Crippen LogP contribution in [0.15, 0.2) is 60.7 Å². The highest BCUT2D eigenvalue weighted by Gasteiger charge is 3.02. The van der Waals surface area contributed by atoms with E-state index >= 15 is 0 Å². The van der Waals surface area contributed by atoms with Gasteiger partial charge in [-0.05, 0) is 42.2 Å². The molecule has 3 aliphatic carbocycles. The lowest BCUT2D eigenvalue weighted by Gasteiger charge is -2.46. The Balaban J connectivity index is 1.76. The molecule has 0 N–H and O–H groups in total. The molecule has 2 heteroatoms. The van der Waals surface area contributed by atoms with Gasteiger partial charge in [-0.15, -0.1) is 0 Å². The molecule has 136 valence electrons. The number of hydrogen-bond donors (Lipinski definition) is 0. The maximum Gasteiger partial charge on any atom is 0.189 e. The molecule has 4 unspecified atom stereocenters. The summed E-state index contributed by atoms with van der Waals surface area (Å²) in [7, 11) is 1.86. The zero-order valence-electron chi connectivity index (χ0n) is 15.8. The first-order valence-corrected chi connectivity index (χ1v) is 10.1. The number of benzene rings is 2. The van der Waals surface area contributed by atoms with Gasteiger partial charge in [0.1, 0.15) is 0 Å². The van der Waals surface area contributed by atoms with E-state index in [-0.39, 0.29) is 10.8 Å². The summed E-state index contributed by atoms with van der Waals surface area (Å²) in [5.74, 6) is 0.776. The Bertz CT molecular complexity index is 727. The fourth-order valence-electron chi connectivity index (χ4n) is 7.04. The molecule has 3 fully saturated rings. The summed E-state index contributed by atoms with van der Waals surface area (Å²) in [6.07, 6.45) is 4.91. The van der Waals surface area contributed by atoms with Gasteiger partial charge in [-0.1, -0.05) is 74.0 Å². The Labute approximate surface area is 156 Å². The minimum Gasteiger partial charge on any atom is -0.351 e. The highest BCUT2D eigenvalue weighted by Crippen LogP contribution is 2.92. The lowest BCUT2D eigenvalue weighted by Crippen LogP contribution is -2.49. The topological polar surface area (TPSA) is 18.5 Å². The van der Waals surface area contributed by atoms with Crippen molar-refractivity contribution in [3.63, 3.8) is 0 Å². The van der Waals surface area contributed by atoms with Gasteiger partial charge in [0.25, 0.3) is 0 Å². The Hall–Kier alpha value is -1.64. The predicted molar refractivity (Wildman–Crippen MR) is 103 cm³/mol. The molecule has 0 amide bonds. The van der Waals surface area contributed by atoms with Crippen molar-refractivity contribution in [2.75, 3.05) is 13.7 Å². The van der Waals surface area contributed by atoms with Crippen LogP contribution in [0.25, 0.3) is 0 Å². The second kappa shape index (κ2) is 5.68. The van der Waals surface area contributed by atoms with Crippen molar-refractivity contribution >= 4 is 0 Å². The van der Waals surface area contributed by atoms with E-state index in [1.807, 2.05) is 7.11 Å². The Morgan fingerprint density at radius 3 is 1.77 bits per heavy atom. The predicted octanol–water partition coefficient (Wildman–Crippen LogP) is 5.08. The smallest absolute Gasteiger partial charge is 0.189 e. The van der Waals surface area contributed by atoms with E-state index in [0.29, 0.717) is 11.8 Å². The van der Waals surface area contributed by atoms with Crippen LogP contribution in [0.2, 0.25) is 0 Å². The van der Waals surface area contributed by atoms with Gasteiger partial charge in [0.05, 0.1) is 10.8 Å². The van der Waals surface area contributed by atoms with Crippen molar-refractivity contribution in [2.24, 2.45) is 11.8 Å². The molecule has 2 nitrogen and oxygen atoms in total. The van der Waals surface area contributed by atoms with Gasteiger partial charge in [0, 0.05) is 13.7 Å². The lowest BCUT2D eigenvalue weighted by molar-refractivity contribution is -0.171. The van der Waals surface area contributed by atoms with Crippen LogP contribution in [0.5, 0.6) is 0 Å². The average Bonchev–Trinajstić information content (AvgIpc) is 2.90. The minimum atomic E-state index is -0.533. The Morgan fingerprint density at radius 2 is 1.35 bits per heavy atom. The van der Waals surface area contributed by atoms with Crippen molar-refractivity contribution in [3.05, 3.63) is 71.8 Å². The highest BCUT2D eigenvalue weighted by molar-refractivity contribution is 5.66. The van der Waals surface area contributed by atoms with E-state index in [1.165, 1.54) is 30.4 Å². The van der Waals surface area contributed by atoms with Gasteiger partial charge >= 0.3 is 0 Å². The first kappa shape index (κ1) is 16.5. The van der Waals surface area contributed by atoms with E-state index < -0.39 is 5.79 Å². The van der Waals surface area contributed by atoms with Crippen LogP contribution in [-0.2, 0) is 20.3 Å². The third-order valence-corrected chi connectivity index (χ3v) is 7.48. The van der Waals surface area contributed by atoms with Gasteiger partial charge in [-0.2, -0.15) is 0 Å². The SMILES string of the molecule is CCCOC1(OC)C2(c3ccccc3)C3CCCC3C12c1ccccc1. The van der Waals surface area contributed by atoms with Crippen molar-refractivity contribution in [2.45, 2.75) is 49.2 Å². The van der Waals surface area contributed by atoms with E-state index in [2.05, 4.69) is 67.6 Å². The fraction of sp³-hybridized carbons (Fsp3) is 0.500. The number of methoxy groups -OCH3 is 1. The molecule has 3 saturated carbocycles. The van der Waals surface area contributed by atoms with Crippen LogP contribution in [0, 0.1) is 11.8 Å². The van der Waals surface area contributed by atoms with Gasteiger partial charge in [-0.25, -0.2) is 0 Å². The largest absolute Gasteiger partial charge is 0.351 e. The quantitative estimate of drug-likeness (QED) is 0.678. The van der Waals surface area contributed by atoms with Crippen molar-refractivity contribution in [1.82, 2.24) is 0 Å². The second-order valence-electron chi connectivity index (χ2n) is 8.16. The molecule has 2 aromatic carbocycles. The molecule has 0 saturated heterocycles. The summed E-state index contributed by atoms with van der Waals surface area (Å²) in [6.45, 7) is 2.93. The molecule has 4 atom stereocenters. The van der Waals surface area contributed by atoms with Gasteiger partial charge in [-0.3, -0.25) is 0 Å². The Morgan fingerprint density at radius 1 is 0.846 bits per heavy atom. The van der Waals surface area contributed by atoms with Gasteiger partial charge < -0.3 is 9.47 Å². The summed E-state index contributed by atoms with van der Waals surface area (Å²) in [5, 5.41) is 0. The van der Waals surface area contributed by atoms with Gasteiger partial charge in [0.2, 0.25) is 0 Å². The summed E-state index contributed by atoms with van der Waals surface area (Å²) in [4.78, 5) is 0. The molecule has 0 bridgehead atoms. The maximum atomic E-state index is 6.66. The first-order chi connectivity index (χ1) is 12.8. The van der Waals surface area contributed by atoms with Crippen LogP contribution in [0.3, 0.4) is 0 Å². The van der Waals surface area contributed by atoms with Crippen LogP contribution in [-0.4, -0.2) is 19.5 Å². The monoisotopic (exact) mass is 348 g/mol. The zero-order valence-corrected chi connectivity index (χ0v) is 15.8. The normalized spacial score (nSPS) is 39.8. The third kappa shape index (κ3) is 1.54. The molecular weight excluding hydrogens is 320 g/mol. The maximum absolute atomic E-state index is 6.66. The van der Waals surface area contributed by atoms with Gasteiger partial charge in [0.15, 0.2) is 5.79 Å². The highest BCUT2D eigenvalue weighted by atomic mass is 16.7. The molecule has 3 aliphatic rings. The van der Waals surface area contributed by atoms with E-state index in [9.17, 15) is 0 Å². The number of hydrogen-bond acceptors (Lipinski definition) is 2. The van der Waals surface area contributed by atoms with Crippen LogP contribution in [0.1, 0.15) is 43.7 Å². The van der Waals surface area contributed by atoms with E-state index in [0.717, 1.165) is 13.0 Å². The number of fused-ring (bicyclic) bond motifs is 4. The van der Waals surface area contributed by atoms with Crippen LogP contribution < -0.4 is 0 Å². The molecule has 0 aromatic heterocycles. The molecular formula is C24H28O2. The van der Waals surface area contributed by atoms with Crippen molar-refractivity contribution < 1.29 is 9.47 Å². The summed E-state index contributed by atoms with van der Waals surface area (Å²) in [5.41, 5.74) is 2.69. The lowest BCUT2D eigenvalue weighted by atomic mass is 9.54. The first-order valence-electron chi connectivity index (χ1n) is 10.1. The van der Waals surface area contributed by atoms with E-state index in [4.69, 9.17) is 9.47 Å². The van der Waals surface area contributed by atoms with E-state index in [1.54, 1.807) is 0 Å². The van der Waals surface area contributed by atoms with Crippen molar-refractivity contribution in [1.29, 1.82) is 0 Å². The average molecular weight is 348 g/mol. The fourth-order valence-corrected chi connectivity index (χ4v) is 7.04. The van der Waals surface area contributed by atoms with Crippen LogP contribution >= 0.6 is 0 Å².